The van der Waals surface area contributed by atoms with Gasteiger partial charge in [0.05, 0.1) is 0 Å². The number of hydrogen-bond acceptors (Lipinski definition) is 4. The lowest BCUT2D eigenvalue weighted by atomic mass is 9.65. The first-order valence-corrected chi connectivity index (χ1v) is 7.73. The summed E-state index contributed by atoms with van der Waals surface area (Å²) in [6, 6.07) is 6.66. The third-order valence-corrected chi connectivity index (χ3v) is 5.55. The molecule has 23 heavy (non-hydrogen) atoms. The van der Waals surface area contributed by atoms with Gasteiger partial charge in [-0.15, -0.1) is 0 Å². The van der Waals surface area contributed by atoms with E-state index in [-0.39, 0.29) is 11.7 Å². The van der Waals surface area contributed by atoms with Gasteiger partial charge >= 0.3 is 0 Å². The largest absolute Gasteiger partial charge is 0.550 e. The van der Waals surface area contributed by atoms with E-state index in [9.17, 15) is 19.5 Å². The topological polar surface area (TPSA) is 86.3 Å². The van der Waals surface area contributed by atoms with Crippen LogP contribution in [0, 0.1) is 16.7 Å². The second-order valence-electron chi connectivity index (χ2n) is 7.06. The second-order valence-corrected chi connectivity index (χ2v) is 7.06. The van der Waals surface area contributed by atoms with Crippen LogP contribution in [-0.2, 0) is 9.59 Å². The molecule has 0 aliphatic heterocycles. The van der Waals surface area contributed by atoms with Crippen LogP contribution < -0.4 is 10.4 Å². The number of amides is 1. The molecule has 1 amide bonds. The van der Waals surface area contributed by atoms with Gasteiger partial charge in [0, 0.05) is 28.6 Å². The zero-order valence-electron chi connectivity index (χ0n) is 13.9. The van der Waals surface area contributed by atoms with Crippen molar-refractivity contribution < 1.29 is 19.5 Å². The normalized spacial score (nSPS) is 25.8. The Bertz CT molecular complexity index is 647. The molecule has 1 N–H and O–H groups in total. The molecular weight excluding hydrogens is 294 g/mol. The van der Waals surface area contributed by atoms with E-state index in [0.717, 1.165) is 0 Å². The van der Waals surface area contributed by atoms with Crippen molar-refractivity contribution in [1.29, 1.82) is 0 Å². The molecule has 1 saturated carbocycles. The molecule has 2 atom stereocenters. The van der Waals surface area contributed by atoms with E-state index in [1.807, 2.05) is 0 Å². The molecule has 5 heteroatoms. The van der Waals surface area contributed by atoms with Crippen molar-refractivity contribution in [1.82, 2.24) is 0 Å². The van der Waals surface area contributed by atoms with Gasteiger partial charge in [0.15, 0.2) is 5.78 Å². The molecule has 0 radical (unpaired) electrons. The molecule has 5 nitrogen and oxygen atoms in total. The summed E-state index contributed by atoms with van der Waals surface area (Å²) >= 11 is 0. The average Bonchev–Trinajstić information content (AvgIpc) is 2.71. The molecule has 1 fully saturated rings. The van der Waals surface area contributed by atoms with Crippen LogP contribution in [0.4, 0.5) is 5.69 Å². The van der Waals surface area contributed by atoms with Crippen molar-refractivity contribution in [3.05, 3.63) is 29.8 Å². The number of carbonyl (C=O) groups excluding carboxylic acids is 3. The van der Waals surface area contributed by atoms with Crippen molar-refractivity contribution in [2.24, 2.45) is 16.7 Å². The van der Waals surface area contributed by atoms with Crippen LogP contribution in [-0.4, -0.2) is 17.7 Å². The first-order chi connectivity index (χ1) is 10.6. The van der Waals surface area contributed by atoms with E-state index in [1.165, 1.54) is 6.92 Å². The Morgan fingerprint density at radius 1 is 1.13 bits per heavy atom. The second kappa shape index (κ2) is 5.80. The zero-order valence-corrected chi connectivity index (χ0v) is 13.9. The number of carbonyl (C=O) groups is 3. The molecule has 1 aliphatic rings. The molecule has 1 aromatic rings. The van der Waals surface area contributed by atoms with Gasteiger partial charge in [-0.3, -0.25) is 9.59 Å². The molecular formula is C18H22NO4-. The van der Waals surface area contributed by atoms with Crippen LogP contribution in [0.3, 0.4) is 0 Å². The van der Waals surface area contributed by atoms with Crippen molar-refractivity contribution in [3.63, 3.8) is 0 Å². The number of carboxylic acid groups (broad SMARTS) is 1. The van der Waals surface area contributed by atoms with Crippen LogP contribution in [0.15, 0.2) is 24.3 Å². The molecule has 1 aliphatic carbocycles. The molecule has 2 unspecified atom stereocenters. The van der Waals surface area contributed by atoms with E-state index in [2.05, 4.69) is 5.32 Å². The summed E-state index contributed by atoms with van der Waals surface area (Å²) < 4.78 is 0. The lowest BCUT2D eigenvalue weighted by Gasteiger charge is -2.41. The van der Waals surface area contributed by atoms with Gasteiger partial charge in [0.1, 0.15) is 0 Å². The molecule has 2 rings (SSSR count). The first-order valence-electron chi connectivity index (χ1n) is 7.73. The predicted octanol–water partition coefficient (Wildman–Crippen LogP) is 2.02. The Morgan fingerprint density at radius 2 is 1.70 bits per heavy atom. The number of aliphatic carboxylic acids is 1. The zero-order chi connectivity index (χ0) is 17.4. The Balaban J connectivity index is 2.15. The van der Waals surface area contributed by atoms with E-state index >= 15 is 0 Å². The van der Waals surface area contributed by atoms with E-state index in [4.69, 9.17) is 0 Å². The highest BCUT2D eigenvalue weighted by atomic mass is 16.4. The number of ketones is 1. The summed E-state index contributed by atoms with van der Waals surface area (Å²) in [5.41, 5.74) is -0.547. The Morgan fingerprint density at radius 3 is 2.13 bits per heavy atom. The molecule has 0 saturated heterocycles. The molecule has 1 aromatic carbocycles. The van der Waals surface area contributed by atoms with E-state index < -0.39 is 22.7 Å². The quantitative estimate of drug-likeness (QED) is 0.861. The van der Waals surface area contributed by atoms with Gasteiger partial charge < -0.3 is 15.2 Å². The summed E-state index contributed by atoms with van der Waals surface area (Å²) in [4.78, 5) is 35.3. The minimum absolute atomic E-state index is 0.0375. The number of hydrogen-bond donors (Lipinski definition) is 1. The lowest BCUT2D eigenvalue weighted by molar-refractivity contribution is -0.323. The summed E-state index contributed by atoms with van der Waals surface area (Å²) in [5.74, 6) is -1.75. The van der Waals surface area contributed by atoms with Gasteiger partial charge in [-0.1, -0.05) is 20.8 Å². The van der Waals surface area contributed by atoms with E-state index in [1.54, 1.807) is 45.0 Å². The molecule has 0 spiro atoms. The van der Waals surface area contributed by atoms with Crippen LogP contribution in [0.5, 0.6) is 0 Å². The molecule has 0 aromatic heterocycles. The van der Waals surface area contributed by atoms with Crippen LogP contribution in [0.25, 0.3) is 0 Å². The third kappa shape index (κ3) is 2.87. The number of anilines is 1. The first kappa shape index (κ1) is 17.2. The fourth-order valence-electron chi connectivity index (χ4n) is 3.34. The maximum absolute atomic E-state index is 12.6. The summed E-state index contributed by atoms with van der Waals surface area (Å²) in [5, 5.41) is 14.3. The van der Waals surface area contributed by atoms with E-state index in [0.29, 0.717) is 24.1 Å². The fraction of sp³-hybridized carbons (Fsp3) is 0.500. The average molecular weight is 316 g/mol. The minimum Gasteiger partial charge on any atom is -0.550 e. The predicted molar refractivity (Wildman–Crippen MR) is 84.7 cm³/mol. The Hall–Kier alpha value is -2.17. The van der Waals surface area contributed by atoms with Gasteiger partial charge in [-0.2, -0.15) is 0 Å². The summed E-state index contributed by atoms with van der Waals surface area (Å²) in [6.07, 6.45) is 0.929. The summed E-state index contributed by atoms with van der Waals surface area (Å²) in [6.45, 7) is 6.74. The number of carboxylic acids is 1. The monoisotopic (exact) mass is 316 g/mol. The highest BCUT2D eigenvalue weighted by Gasteiger charge is 2.54. The Labute approximate surface area is 136 Å². The SMILES string of the molecule is CC(=O)c1ccc(NC(=O)C2CCC(C)(C(=O)[O-])C2(C)C)cc1. The number of rotatable bonds is 4. The van der Waals surface area contributed by atoms with Gasteiger partial charge in [0.25, 0.3) is 0 Å². The van der Waals surface area contributed by atoms with Crippen molar-refractivity contribution in [3.8, 4) is 0 Å². The standard InChI is InChI=1S/C18H23NO4/c1-11(20)12-5-7-13(8-6-12)19-15(21)14-9-10-18(4,16(22)23)17(14,2)3/h5-8,14H,9-10H2,1-4H3,(H,19,21)(H,22,23)/p-1. The van der Waals surface area contributed by atoms with Crippen LogP contribution in [0.1, 0.15) is 50.9 Å². The van der Waals surface area contributed by atoms with Crippen LogP contribution in [0.2, 0.25) is 0 Å². The fourth-order valence-corrected chi connectivity index (χ4v) is 3.34. The maximum Gasteiger partial charge on any atom is 0.228 e. The molecule has 0 heterocycles. The maximum atomic E-state index is 12.6. The highest BCUT2D eigenvalue weighted by molar-refractivity contribution is 5.96. The smallest absolute Gasteiger partial charge is 0.228 e. The minimum atomic E-state index is -1.11. The summed E-state index contributed by atoms with van der Waals surface area (Å²) in [7, 11) is 0. The molecule has 124 valence electrons. The Kier molecular flexibility index (Phi) is 4.33. The molecule has 0 bridgehead atoms. The van der Waals surface area contributed by atoms with Crippen molar-refractivity contribution in [2.75, 3.05) is 5.32 Å². The van der Waals surface area contributed by atoms with Crippen LogP contribution >= 0.6 is 0 Å². The van der Waals surface area contributed by atoms with Gasteiger partial charge in [-0.25, -0.2) is 0 Å². The number of nitrogens with one attached hydrogen (secondary N) is 1. The third-order valence-electron chi connectivity index (χ3n) is 5.55. The van der Waals surface area contributed by atoms with Crippen molar-refractivity contribution >= 4 is 23.3 Å². The van der Waals surface area contributed by atoms with Crippen molar-refractivity contribution in [2.45, 2.75) is 40.5 Å². The lowest BCUT2D eigenvalue weighted by Crippen LogP contribution is -2.49. The van der Waals surface area contributed by atoms with Gasteiger partial charge in [-0.05, 0) is 49.4 Å². The van der Waals surface area contributed by atoms with Gasteiger partial charge in [0.2, 0.25) is 5.91 Å². The highest BCUT2D eigenvalue weighted by Crippen LogP contribution is 2.55. The number of benzene rings is 1. The number of Topliss-reactive ketones (excluding diaryl/α,β-unsaturated/α-hetero) is 1.